The van der Waals surface area contributed by atoms with E-state index < -0.39 is 36.2 Å². The number of carbonyl (C=O) groups excluding carboxylic acids is 2. The molecule has 2 N–H and O–H groups in total. The van der Waals surface area contributed by atoms with E-state index in [1.54, 1.807) is 42.3 Å². The zero-order valence-corrected chi connectivity index (χ0v) is 13.8. The molecule has 134 valence electrons. The molecule has 0 saturated carbocycles. The summed E-state index contributed by atoms with van der Waals surface area (Å²) in [4.78, 5) is 36.3. The van der Waals surface area contributed by atoms with Crippen LogP contribution in [0.2, 0.25) is 0 Å². The highest BCUT2D eigenvalue weighted by Crippen LogP contribution is 2.49. The number of alkyl halides is 1. The molecule has 1 aromatic heterocycles. The molecule has 1 aliphatic carbocycles. The van der Waals surface area contributed by atoms with Gasteiger partial charge in [0.15, 0.2) is 0 Å². The Hall–Kier alpha value is -3.23. The molecule has 1 aliphatic heterocycles. The van der Waals surface area contributed by atoms with E-state index in [-0.39, 0.29) is 6.42 Å². The minimum atomic E-state index is -1.55. The first kappa shape index (κ1) is 16.2. The highest BCUT2D eigenvalue weighted by Gasteiger charge is 2.58. The largest absolute Gasteiger partial charge is 0.480 e. The molecule has 3 amide bonds. The average Bonchev–Trinajstić information content (AvgIpc) is 3.20. The molecule has 0 bridgehead atoms. The van der Waals surface area contributed by atoms with E-state index in [0.29, 0.717) is 16.0 Å². The van der Waals surface area contributed by atoms with E-state index >= 15 is 0 Å². The number of imide groups is 1. The summed E-state index contributed by atoms with van der Waals surface area (Å²) in [5, 5.41) is 15.5. The second-order valence-electron chi connectivity index (χ2n) is 6.50. The van der Waals surface area contributed by atoms with E-state index in [0.717, 1.165) is 11.1 Å². The van der Waals surface area contributed by atoms with E-state index in [1.165, 1.54) is 0 Å². The van der Waals surface area contributed by atoms with Crippen LogP contribution >= 0.6 is 0 Å². The van der Waals surface area contributed by atoms with Gasteiger partial charge in [-0.2, -0.15) is 5.10 Å². The SMILES string of the molecule is Cn1cc(-c2ccc3c(c2)[C@H](F)CC32NC(=O)N(CC(=O)O)C2=O)cn1. The Morgan fingerprint density at radius 1 is 1.42 bits per heavy atom. The van der Waals surface area contributed by atoms with E-state index in [9.17, 15) is 18.8 Å². The fraction of sp³-hybridized carbons (Fsp3) is 0.294. The summed E-state index contributed by atoms with van der Waals surface area (Å²) in [6, 6.07) is 4.16. The number of aromatic nitrogens is 2. The third-order valence-electron chi connectivity index (χ3n) is 4.84. The van der Waals surface area contributed by atoms with Gasteiger partial charge in [0.1, 0.15) is 18.3 Å². The van der Waals surface area contributed by atoms with E-state index in [1.807, 2.05) is 0 Å². The number of hydrogen-bond acceptors (Lipinski definition) is 4. The lowest BCUT2D eigenvalue weighted by molar-refractivity contribution is -0.143. The van der Waals surface area contributed by atoms with Gasteiger partial charge in [-0.1, -0.05) is 12.1 Å². The lowest BCUT2D eigenvalue weighted by Gasteiger charge is -2.22. The number of halogens is 1. The number of fused-ring (bicyclic) bond motifs is 2. The molecule has 2 atom stereocenters. The van der Waals surface area contributed by atoms with Gasteiger partial charge < -0.3 is 10.4 Å². The van der Waals surface area contributed by atoms with Crippen LogP contribution < -0.4 is 5.32 Å². The summed E-state index contributed by atoms with van der Waals surface area (Å²) in [5.41, 5.74) is 0.684. The molecule has 1 fully saturated rings. The highest BCUT2D eigenvalue weighted by molar-refractivity contribution is 6.09. The molecule has 9 heteroatoms. The fourth-order valence-corrected chi connectivity index (χ4v) is 3.67. The standard InChI is InChI=1S/C17H15FN4O4/c1-21-7-10(6-19-21)9-2-3-12-11(4-9)13(18)5-17(12)15(25)22(8-14(23)24)16(26)20-17/h2-4,6-7,13H,5,8H2,1H3,(H,20,26)(H,23,24)/t13-,17?/m1/s1. The Labute approximate surface area is 147 Å². The van der Waals surface area contributed by atoms with Gasteiger partial charge in [-0.3, -0.25) is 19.2 Å². The van der Waals surface area contributed by atoms with Crippen molar-refractivity contribution in [3.63, 3.8) is 0 Å². The number of carboxylic acid groups (broad SMARTS) is 1. The first-order chi connectivity index (χ1) is 12.3. The van der Waals surface area contributed by atoms with Crippen LogP contribution in [0.15, 0.2) is 30.6 Å². The third kappa shape index (κ3) is 2.20. The van der Waals surface area contributed by atoms with Crippen molar-refractivity contribution < 1.29 is 23.9 Å². The molecule has 1 aromatic carbocycles. The zero-order valence-electron chi connectivity index (χ0n) is 13.8. The molecular formula is C17H15FN4O4. The highest BCUT2D eigenvalue weighted by atomic mass is 19.1. The number of amides is 3. The quantitative estimate of drug-likeness (QED) is 0.806. The molecule has 1 saturated heterocycles. The number of benzene rings is 1. The van der Waals surface area contributed by atoms with Crippen molar-refractivity contribution in [2.24, 2.45) is 7.05 Å². The van der Waals surface area contributed by atoms with Crippen LogP contribution in [0.4, 0.5) is 9.18 Å². The summed E-state index contributed by atoms with van der Waals surface area (Å²) >= 11 is 0. The van der Waals surface area contributed by atoms with Gasteiger partial charge in [-0.15, -0.1) is 0 Å². The van der Waals surface area contributed by atoms with Crippen molar-refractivity contribution in [1.29, 1.82) is 0 Å². The van der Waals surface area contributed by atoms with Gasteiger partial charge >= 0.3 is 12.0 Å². The van der Waals surface area contributed by atoms with Gasteiger partial charge in [0.2, 0.25) is 0 Å². The summed E-state index contributed by atoms with van der Waals surface area (Å²) in [7, 11) is 1.77. The molecule has 2 aromatic rings. The van der Waals surface area contributed by atoms with Gasteiger partial charge in [0, 0.05) is 25.2 Å². The zero-order chi connectivity index (χ0) is 18.6. The Morgan fingerprint density at radius 3 is 2.85 bits per heavy atom. The Kier molecular flexibility index (Phi) is 3.36. The van der Waals surface area contributed by atoms with Gasteiger partial charge in [-0.25, -0.2) is 9.18 Å². The topological polar surface area (TPSA) is 105 Å². The Balaban J connectivity index is 1.76. The van der Waals surface area contributed by atoms with Crippen molar-refractivity contribution in [1.82, 2.24) is 20.0 Å². The lowest BCUT2D eigenvalue weighted by Crippen LogP contribution is -2.42. The number of carboxylic acids is 1. The van der Waals surface area contributed by atoms with Crippen LogP contribution in [-0.4, -0.2) is 44.2 Å². The van der Waals surface area contributed by atoms with E-state index in [4.69, 9.17) is 5.11 Å². The molecule has 26 heavy (non-hydrogen) atoms. The minimum absolute atomic E-state index is 0.250. The predicted molar refractivity (Wildman–Crippen MR) is 86.7 cm³/mol. The normalized spacial score (nSPS) is 24.2. The first-order valence-corrected chi connectivity index (χ1v) is 7.95. The molecular weight excluding hydrogens is 343 g/mol. The molecule has 1 unspecified atom stereocenters. The summed E-state index contributed by atoms with van der Waals surface area (Å²) < 4.78 is 16.4. The van der Waals surface area contributed by atoms with Crippen LogP contribution in [0, 0.1) is 0 Å². The Bertz CT molecular complexity index is 956. The van der Waals surface area contributed by atoms with Crippen molar-refractivity contribution in [2.45, 2.75) is 18.1 Å². The summed E-state index contributed by atoms with van der Waals surface area (Å²) in [5.74, 6) is -2.05. The maximum Gasteiger partial charge on any atom is 0.325 e. The number of nitrogens with zero attached hydrogens (tertiary/aromatic N) is 3. The first-order valence-electron chi connectivity index (χ1n) is 7.95. The van der Waals surface area contributed by atoms with Gasteiger partial charge in [0.25, 0.3) is 5.91 Å². The van der Waals surface area contributed by atoms with Crippen LogP contribution in [0.1, 0.15) is 23.7 Å². The molecule has 2 aliphatic rings. The smallest absolute Gasteiger partial charge is 0.325 e. The second kappa shape index (κ2) is 5.38. The average molecular weight is 358 g/mol. The molecule has 2 heterocycles. The van der Waals surface area contributed by atoms with Crippen LogP contribution in [0.5, 0.6) is 0 Å². The van der Waals surface area contributed by atoms with Crippen LogP contribution in [0.3, 0.4) is 0 Å². The number of hydrogen-bond donors (Lipinski definition) is 2. The molecule has 0 radical (unpaired) electrons. The monoisotopic (exact) mass is 358 g/mol. The van der Waals surface area contributed by atoms with Crippen molar-refractivity contribution >= 4 is 17.9 Å². The number of nitrogens with one attached hydrogen (secondary N) is 1. The van der Waals surface area contributed by atoms with Crippen LogP contribution in [-0.2, 0) is 22.2 Å². The second-order valence-corrected chi connectivity index (χ2v) is 6.50. The number of carbonyl (C=O) groups is 3. The van der Waals surface area contributed by atoms with Crippen LogP contribution in [0.25, 0.3) is 11.1 Å². The fourth-order valence-electron chi connectivity index (χ4n) is 3.67. The minimum Gasteiger partial charge on any atom is -0.480 e. The van der Waals surface area contributed by atoms with E-state index in [2.05, 4.69) is 10.4 Å². The predicted octanol–water partition coefficient (Wildman–Crippen LogP) is 1.33. The Morgan fingerprint density at radius 2 is 2.19 bits per heavy atom. The van der Waals surface area contributed by atoms with Gasteiger partial charge in [-0.05, 0) is 22.8 Å². The lowest BCUT2D eigenvalue weighted by atomic mass is 9.90. The molecule has 8 nitrogen and oxygen atoms in total. The van der Waals surface area contributed by atoms with Crippen molar-refractivity contribution in [3.8, 4) is 11.1 Å². The van der Waals surface area contributed by atoms with Crippen molar-refractivity contribution in [3.05, 3.63) is 41.7 Å². The number of rotatable bonds is 3. The summed E-state index contributed by atoms with van der Waals surface area (Å²) in [6.45, 7) is -0.757. The summed E-state index contributed by atoms with van der Waals surface area (Å²) in [6.07, 6.45) is 1.74. The molecule has 1 spiro atoms. The van der Waals surface area contributed by atoms with Gasteiger partial charge in [0.05, 0.1) is 6.20 Å². The number of aliphatic carboxylic acids is 1. The number of aryl methyl sites for hydroxylation is 1. The molecule has 4 rings (SSSR count). The third-order valence-corrected chi connectivity index (χ3v) is 4.84. The maximum atomic E-state index is 14.7. The van der Waals surface area contributed by atoms with Crippen molar-refractivity contribution in [2.75, 3.05) is 6.54 Å². The number of urea groups is 1. The maximum absolute atomic E-state index is 14.7.